The molecule has 2 heterocycles. The molecule has 0 bridgehead atoms. The monoisotopic (exact) mass is 843 g/mol. The van der Waals surface area contributed by atoms with Crippen molar-refractivity contribution in [2.45, 2.75) is 162 Å². The summed E-state index contributed by atoms with van der Waals surface area (Å²) in [6.07, 6.45) is 4.76. The molecule has 0 N–H and O–H groups in total. The number of hydrogen-bond donors (Lipinski definition) is 0. The van der Waals surface area contributed by atoms with Crippen molar-refractivity contribution < 1.29 is 0 Å². The highest BCUT2D eigenvalue weighted by Gasteiger charge is 2.47. The Balaban J connectivity index is 1.34. The van der Waals surface area contributed by atoms with Crippen LogP contribution in [0.5, 0.6) is 0 Å². The Morgan fingerprint density at radius 2 is 0.953 bits per heavy atom. The van der Waals surface area contributed by atoms with Gasteiger partial charge in [-0.2, -0.15) is 0 Å². The average molecular weight is 843 g/mol. The van der Waals surface area contributed by atoms with Crippen LogP contribution in [0.1, 0.15) is 162 Å². The maximum atomic E-state index is 2.70. The van der Waals surface area contributed by atoms with Gasteiger partial charge in [-0.25, -0.2) is 0 Å². The third kappa shape index (κ3) is 6.64. The summed E-state index contributed by atoms with van der Waals surface area (Å²) in [5, 5.41) is 0. The fraction of sp³-hybridized carbons (Fsp3) is 0.410. The fourth-order valence-electron chi connectivity index (χ4n) is 12.0. The zero-order valence-corrected chi connectivity index (χ0v) is 41.7. The molecule has 0 atom stereocenters. The number of anilines is 6. The predicted molar refractivity (Wildman–Crippen MR) is 279 cm³/mol. The number of benzene rings is 6. The number of hydrogen-bond acceptors (Lipinski definition) is 2. The van der Waals surface area contributed by atoms with Gasteiger partial charge in [-0.1, -0.05) is 158 Å². The van der Waals surface area contributed by atoms with Crippen molar-refractivity contribution >= 4 is 57.2 Å². The number of aryl methyl sites for hydroxylation is 1. The quantitative estimate of drug-likeness (QED) is 0.164. The summed E-state index contributed by atoms with van der Waals surface area (Å²) in [5.41, 5.74) is 24.8. The van der Waals surface area contributed by atoms with Crippen LogP contribution in [0.3, 0.4) is 0 Å². The zero-order valence-electron chi connectivity index (χ0n) is 41.7. The first-order valence-electron chi connectivity index (χ1n) is 24.3. The van der Waals surface area contributed by atoms with Gasteiger partial charge in [0.1, 0.15) is 0 Å². The van der Waals surface area contributed by atoms with Crippen LogP contribution in [-0.4, -0.2) is 6.71 Å². The molecular weight excluding hydrogens is 771 g/mol. The summed E-state index contributed by atoms with van der Waals surface area (Å²) in [6.45, 7) is 36.2. The molecule has 0 fully saturated rings. The molecule has 6 aromatic rings. The third-order valence-electron chi connectivity index (χ3n) is 16.3. The molecule has 4 aliphatic rings. The second-order valence-corrected chi connectivity index (χ2v) is 24.9. The van der Waals surface area contributed by atoms with Gasteiger partial charge in [-0.15, -0.1) is 0 Å². The summed E-state index contributed by atoms with van der Waals surface area (Å²) >= 11 is 0. The fourth-order valence-corrected chi connectivity index (χ4v) is 12.0. The highest BCUT2D eigenvalue weighted by Crippen LogP contribution is 2.53. The van der Waals surface area contributed by atoms with E-state index in [0.717, 1.165) is 0 Å². The zero-order chi connectivity index (χ0) is 45.7. The minimum Gasteiger partial charge on any atom is -0.311 e. The van der Waals surface area contributed by atoms with Gasteiger partial charge in [0, 0.05) is 34.0 Å². The van der Waals surface area contributed by atoms with E-state index in [-0.39, 0.29) is 39.2 Å². The Labute approximate surface area is 386 Å². The normalized spacial score (nSPS) is 18.7. The third-order valence-corrected chi connectivity index (χ3v) is 16.3. The topological polar surface area (TPSA) is 6.48 Å². The second kappa shape index (κ2) is 14.0. The van der Waals surface area contributed by atoms with E-state index in [9.17, 15) is 0 Å². The lowest BCUT2D eigenvalue weighted by molar-refractivity contribution is 0.332. The van der Waals surface area contributed by atoms with Gasteiger partial charge < -0.3 is 9.80 Å². The first kappa shape index (κ1) is 42.9. The molecule has 0 spiro atoms. The molecule has 10 rings (SSSR count). The Bertz CT molecular complexity index is 2880. The Hall–Kier alpha value is -5.02. The van der Waals surface area contributed by atoms with Gasteiger partial charge in [-0.05, 0) is 175 Å². The lowest BCUT2D eigenvalue weighted by atomic mass is 9.33. The van der Waals surface area contributed by atoms with Crippen LogP contribution >= 0.6 is 0 Å². The highest BCUT2D eigenvalue weighted by molar-refractivity contribution is 7.00. The van der Waals surface area contributed by atoms with Crippen molar-refractivity contribution in [2.75, 3.05) is 9.80 Å². The molecule has 2 aliphatic carbocycles. The molecule has 0 radical (unpaired) electrons. The molecule has 0 unspecified atom stereocenters. The summed E-state index contributed by atoms with van der Waals surface area (Å²) in [4.78, 5) is 5.36. The molecule has 0 saturated carbocycles. The van der Waals surface area contributed by atoms with Crippen molar-refractivity contribution in [3.05, 3.63) is 148 Å². The summed E-state index contributed by atoms with van der Waals surface area (Å²) < 4.78 is 0. The standard InChI is InChI=1S/C61H71BN2/c1-38-31-53-55-54(32-38)64(50-26-22-40(56(2,3)4)33-43(50)39-19-17-16-18-20-39)51-34-41(57(5,6)7)21-25-48(51)62(55)49-36-46-47(61(14,15)30-29-60(46,12)13)37-52(49)63(53)42-23-24-44-45(35-42)59(10,11)28-27-58(44,8)9/h16-26,31-37H,27-30H2,1-15H3. The van der Waals surface area contributed by atoms with Gasteiger partial charge in [0.25, 0.3) is 6.71 Å². The largest absolute Gasteiger partial charge is 0.311 e. The Kier molecular flexibility index (Phi) is 9.38. The van der Waals surface area contributed by atoms with Crippen LogP contribution in [0, 0.1) is 6.92 Å². The first-order valence-corrected chi connectivity index (χ1v) is 24.3. The van der Waals surface area contributed by atoms with Gasteiger partial charge in [0.05, 0.1) is 5.69 Å². The van der Waals surface area contributed by atoms with Crippen LogP contribution in [-0.2, 0) is 32.5 Å². The molecule has 328 valence electrons. The molecule has 0 amide bonds. The number of fused-ring (bicyclic) bond motifs is 6. The molecule has 6 aromatic carbocycles. The Morgan fingerprint density at radius 3 is 1.56 bits per heavy atom. The minimum absolute atomic E-state index is 0.000780. The Morgan fingerprint density at radius 1 is 0.438 bits per heavy atom. The van der Waals surface area contributed by atoms with Crippen molar-refractivity contribution in [2.24, 2.45) is 0 Å². The molecule has 0 saturated heterocycles. The van der Waals surface area contributed by atoms with E-state index in [0.29, 0.717) is 0 Å². The van der Waals surface area contributed by atoms with Crippen LogP contribution < -0.4 is 26.2 Å². The van der Waals surface area contributed by atoms with Gasteiger partial charge in [-0.3, -0.25) is 0 Å². The summed E-state index contributed by atoms with van der Waals surface area (Å²) in [7, 11) is 0. The van der Waals surface area contributed by atoms with E-state index in [1.54, 1.807) is 0 Å². The van der Waals surface area contributed by atoms with Gasteiger partial charge in [0.2, 0.25) is 0 Å². The smallest absolute Gasteiger partial charge is 0.252 e. The van der Waals surface area contributed by atoms with Crippen LogP contribution in [0.4, 0.5) is 34.1 Å². The van der Waals surface area contributed by atoms with Gasteiger partial charge in [0.15, 0.2) is 0 Å². The second-order valence-electron chi connectivity index (χ2n) is 24.9. The first-order chi connectivity index (χ1) is 29.9. The van der Waals surface area contributed by atoms with Gasteiger partial charge >= 0.3 is 0 Å². The maximum Gasteiger partial charge on any atom is 0.252 e. The van der Waals surface area contributed by atoms with Crippen molar-refractivity contribution in [1.82, 2.24) is 0 Å². The molecule has 2 nitrogen and oxygen atoms in total. The molecule has 2 aliphatic heterocycles. The van der Waals surface area contributed by atoms with E-state index in [1.165, 1.54) is 126 Å². The van der Waals surface area contributed by atoms with Crippen molar-refractivity contribution in [3.8, 4) is 11.1 Å². The highest BCUT2D eigenvalue weighted by atomic mass is 15.2. The summed E-state index contributed by atoms with van der Waals surface area (Å²) in [6, 6.07) is 43.7. The van der Waals surface area contributed by atoms with Crippen molar-refractivity contribution in [3.63, 3.8) is 0 Å². The summed E-state index contributed by atoms with van der Waals surface area (Å²) in [5.74, 6) is 0. The minimum atomic E-state index is -0.0260. The van der Waals surface area contributed by atoms with E-state index < -0.39 is 0 Å². The predicted octanol–water partition coefficient (Wildman–Crippen LogP) is 15.0. The van der Waals surface area contributed by atoms with E-state index in [2.05, 4.69) is 223 Å². The number of nitrogens with zero attached hydrogens (tertiary/aromatic N) is 2. The lowest BCUT2D eigenvalue weighted by Crippen LogP contribution is -2.62. The van der Waals surface area contributed by atoms with Crippen molar-refractivity contribution in [1.29, 1.82) is 0 Å². The number of rotatable bonds is 3. The van der Waals surface area contributed by atoms with Crippen LogP contribution in [0.15, 0.2) is 109 Å². The van der Waals surface area contributed by atoms with E-state index in [1.807, 2.05) is 0 Å². The molecule has 64 heavy (non-hydrogen) atoms. The SMILES string of the molecule is Cc1cc2c3c(c1)N(c1ccc(C(C)(C)C)cc1-c1ccccc1)c1cc(C(C)(C)C)ccc1B3c1cc3c(cc1N2c1ccc2c(c1)C(C)(C)CCC2(C)C)C(C)(C)CCC3(C)C. The van der Waals surface area contributed by atoms with Crippen LogP contribution in [0.25, 0.3) is 11.1 Å². The molecule has 3 heteroatoms. The van der Waals surface area contributed by atoms with Crippen LogP contribution in [0.2, 0.25) is 0 Å². The lowest BCUT2D eigenvalue weighted by Gasteiger charge is -2.48. The van der Waals surface area contributed by atoms with E-state index in [4.69, 9.17) is 0 Å². The molecule has 0 aromatic heterocycles. The van der Waals surface area contributed by atoms with E-state index >= 15 is 0 Å². The average Bonchev–Trinajstić information content (AvgIpc) is 3.23. The maximum absolute atomic E-state index is 2.70. The molecular formula is C61H71BN2.